The van der Waals surface area contributed by atoms with Gasteiger partial charge in [-0.2, -0.15) is 4.98 Å². The van der Waals surface area contributed by atoms with Crippen molar-refractivity contribution in [2.75, 3.05) is 13.2 Å². The third-order valence-corrected chi connectivity index (χ3v) is 3.27. The fourth-order valence-corrected chi connectivity index (χ4v) is 2.22. The number of hydrogen-bond acceptors (Lipinski definition) is 5. The third-order valence-electron chi connectivity index (χ3n) is 3.27. The molecule has 19 heavy (non-hydrogen) atoms. The van der Waals surface area contributed by atoms with Crippen molar-refractivity contribution in [2.24, 2.45) is 0 Å². The summed E-state index contributed by atoms with van der Waals surface area (Å²) >= 11 is 0. The van der Waals surface area contributed by atoms with Gasteiger partial charge in [0.25, 0.3) is 5.89 Å². The topological polar surface area (TPSA) is 65.2 Å². The van der Waals surface area contributed by atoms with Crippen molar-refractivity contribution in [2.45, 2.75) is 19.3 Å². The number of hydrogen-bond donors (Lipinski definition) is 0. The van der Waals surface area contributed by atoms with Gasteiger partial charge in [-0.05, 0) is 19.4 Å². The highest BCUT2D eigenvalue weighted by atomic mass is 16.5. The molecule has 0 aliphatic carbocycles. The second kappa shape index (κ2) is 4.93. The van der Waals surface area contributed by atoms with Crippen molar-refractivity contribution in [1.82, 2.24) is 10.1 Å². The van der Waals surface area contributed by atoms with E-state index >= 15 is 0 Å². The Morgan fingerprint density at radius 3 is 2.95 bits per heavy atom. The van der Waals surface area contributed by atoms with Crippen LogP contribution in [0.25, 0.3) is 11.5 Å². The highest BCUT2D eigenvalue weighted by Gasteiger charge is 2.24. The molecule has 0 unspecified atom stereocenters. The average molecular weight is 258 g/mol. The number of ether oxygens (including phenoxy) is 1. The summed E-state index contributed by atoms with van der Waals surface area (Å²) in [6.45, 7) is 2.90. The Hall–Kier alpha value is -2.01. The number of Topliss-reactive ketones (excluding diaryl/α,β-unsaturated/α-hetero) is 1. The van der Waals surface area contributed by atoms with Gasteiger partial charge in [0.1, 0.15) is 0 Å². The van der Waals surface area contributed by atoms with E-state index in [9.17, 15) is 4.79 Å². The second-order valence-electron chi connectivity index (χ2n) is 4.62. The molecule has 0 amide bonds. The molecule has 1 atom stereocenters. The zero-order valence-electron chi connectivity index (χ0n) is 10.6. The molecule has 0 bridgehead atoms. The van der Waals surface area contributed by atoms with Crippen LogP contribution in [0, 0.1) is 0 Å². The molecule has 2 aromatic rings. The van der Waals surface area contributed by atoms with Gasteiger partial charge < -0.3 is 9.26 Å². The van der Waals surface area contributed by atoms with E-state index in [2.05, 4.69) is 10.1 Å². The maximum Gasteiger partial charge on any atom is 0.258 e. The van der Waals surface area contributed by atoms with Gasteiger partial charge in [-0.3, -0.25) is 4.79 Å². The van der Waals surface area contributed by atoms with Gasteiger partial charge in [-0.1, -0.05) is 23.4 Å². The second-order valence-corrected chi connectivity index (χ2v) is 4.62. The number of carbonyl (C=O) groups is 1. The zero-order valence-corrected chi connectivity index (χ0v) is 10.6. The van der Waals surface area contributed by atoms with E-state index in [0.29, 0.717) is 29.4 Å². The highest BCUT2D eigenvalue weighted by molar-refractivity contribution is 5.99. The van der Waals surface area contributed by atoms with Gasteiger partial charge in [0, 0.05) is 18.1 Å². The normalized spacial score (nSPS) is 18.7. The van der Waals surface area contributed by atoms with Crippen LogP contribution in [-0.4, -0.2) is 29.1 Å². The van der Waals surface area contributed by atoms with Crippen LogP contribution in [0.5, 0.6) is 0 Å². The Morgan fingerprint density at radius 2 is 2.21 bits per heavy atom. The van der Waals surface area contributed by atoms with Gasteiger partial charge in [0.15, 0.2) is 11.6 Å². The van der Waals surface area contributed by atoms with E-state index < -0.39 is 0 Å². The van der Waals surface area contributed by atoms with Crippen LogP contribution in [0.1, 0.15) is 35.4 Å². The first-order chi connectivity index (χ1) is 9.25. The summed E-state index contributed by atoms with van der Waals surface area (Å²) in [6, 6.07) is 7.26. The molecular weight excluding hydrogens is 244 g/mol. The molecule has 5 nitrogen and oxygen atoms in total. The van der Waals surface area contributed by atoms with Crippen LogP contribution in [0.4, 0.5) is 0 Å². The summed E-state index contributed by atoms with van der Waals surface area (Å²) in [4.78, 5) is 16.0. The number of nitrogens with zero attached hydrogens (tertiary/aromatic N) is 2. The van der Waals surface area contributed by atoms with Gasteiger partial charge >= 0.3 is 0 Å². The first-order valence-electron chi connectivity index (χ1n) is 6.27. The molecule has 1 fully saturated rings. The molecule has 1 aliphatic heterocycles. The van der Waals surface area contributed by atoms with Crippen LogP contribution >= 0.6 is 0 Å². The molecule has 0 N–H and O–H groups in total. The highest BCUT2D eigenvalue weighted by Crippen LogP contribution is 2.27. The maximum atomic E-state index is 11.6. The van der Waals surface area contributed by atoms with Crippen LogP contribution in [0.2, 0.25) is 0 Å². The van der Waals surface area contributed by atoms with Crippen LogP contribution in [0.3, 0.4) is 0 Å². The largest absolute Gasteiger partial charge is 0.381 e. The SMILES string of the molecule is CC(=O)c1ccccc1-c1nc([C@H]2CCOC2)no1. The zero-order chi connectivity index (χ0) is 13.2. The predicted octanol–water partition coefficient (Wildman–Crippen LogP) is 2.44. The van der Waals surface area contributed by atoms with Crippen molar-refractivity contribution < 1.29 is 14.1 Å². The number of ketones is 1. The smallest absolute Gasteiger partial charge is 0.258 e. The Labute approximate surface area is 110 Å². The third kappa shape index (κ3) is 2.29. The summed E-state index contributed by atoms with van der Waals surface area (Å²) in [5, 5.41) is 4.00. The monoisotopic (exact) mass is 258 g/mol. The van der Waals surface area contributed by atoms with E-state index in [1.54, 1.807) is 6.07 Å². The van der Waals surface area contributed by atoms with E-state index in [-0.39, 0.29) is 11.7 Å². The predicted molar refractivity (Wildman–Crippen MR) is 67.9 cm³/mol. The van der Waals surface area contributed by atoms with Crippen molar-refractivity contribution >= 4 is 5.78 Å². The van der Waals surface area contributed by atoms with Crippen LogP contribution in [0.15, 0.2) is 28.8 Å². The molecule has 1 aromatic carbocycles. The van der Waals surface area contributed by atoms with Crippen LogP contribution in [-0.2, 0) is 4.74 Å². The Morgan fingerprint density at radius 1 is 1.37 bits per heavy atom. The molecule has 1 saturated heterocycles. The fraction of sp³-hybridized carbons (Fsp3) is 0.357. The molecule has 0 saturated carbocycles. The number of rotatable bonds is 3. The molecule has 3 rings (SSSR count). The lowest BCUT2D eigenvalue weighted by Crippen LogP contribution is -2.00. The summed E-state index contributed by atoms with van der Waals surface area (Å²) in [6.07, 6.45) is 0.910. The first kappa shape index (κ1) is 12.0. The lowest BCUT2D eigenvalue weighted by atomic mass is 10.0. The summed E-state index contributed by atoms with van der Waals surface area (Å²) < 4.78 is 10.6. The van der Waals surface area contributed by atoms with Crippen molar-refractivity contribution in [3.8, 4) is 11.5 Å². The molecular formula is C14H14N2O3. The minimum Gasteiger partial charge on any atom is -0.381 e. The Balaban J connectivity index is 1.96. The average Bonchev–Trinajstić information content (AvgIpc) is 3.09. The van der Waals surface area contributed by atoms with Crippen molar-refractivity contribution in [3.63, 3.8) is 0 Å². The minimum atomic E-state index is -0.0143. The number of benzene rings is 1. The van der Waals surface area contributed by atoms with Gasteiger partial charge in [-0.25, -0.2) is 0 Å². The summed E-state index contributed by atoms with van der Waals surface area (Å²) in [5.74, 6) is 1.24. The van der Waals surface area contributed by atoms with Gasteiger partial charge in [0.2, 0.25) is 0 Å². The quantitative estimate of drug-likeness (QED) is 0.791. The molecule has 98 valence electrons. The minimum absolute atomic E-state index is 0.0143. The molecule has 0 spiro atoms. The summed E-state index contributed by atoms with van der Waals surface area (Å²) in [5.41, 5.74) is 1.29. The van der Waals surface area contributed by atoms with E-state index in [4.69, 9.17) is 9.26 Å². The van der Waals surface area contributed by atoms with E-state index in [0.717, 1.165) is 13.0 Å². The first-order valence-corrected chi connectivity index (χ1v) is 6.27. The van der Waals surface area contributed by atoms with Gasteiger partial charge in [0.05, 0.1) is 12.2 Å². The van der Waals surface area contributed by atoms with Crippen molar-refractivity contribution in [1.29, 1.82) is 0 Å². The maximum absolute atomic E-state index is 11.6. The lowest BCUT2D eigenvalue weighted by molar-refractivity contribution is 0.101. The van der Waals surface area contributed by atoms with Gasteiger partial charge in [-0.15, -0.1) is 0 Å². The van der Waals surface area contributed by atoms with Crippen molar-refractivity contribution in [3.05, 3.63) is 35.7 Å². The van der Waals surface area contributed by atoms with E-state index in [1.165, 1.54) is 6.92 Å². The molecule has 1 aromatic heterocycles. The number of carbonyl (C=O) groups excluding carboxylic acids is 1. The van der Waals surface area contributed by atoms with Crippen LogP contribution < -0.4 is 0 Å². The van der Waals surface area contributed by atoms with E-state index in [1.807, 2.05) is 18.2 Å². The standard InChI is InChI=1S/C14H14N2O3/c1-9(17)11-4-2-3-5-12(11)14-15-13(16-19-14)10-6-7-18-8-10/h2-5,10H,6-8H2,1H3/t10-/m0/s1. The fourth-order valence-electron chi connectivity index (χ4n) is 2.22. The Kier molecular flexibility index (Phi) is 3.13. The Bertz CT molecular complexity index is 600. The number of aromatic nitrogens is 2. The summed E-state index contributed by atoms with van der Waals surface area (Å²) in [7, 11) is 0. The molecule has 2 heterocycles. The molecule has 1 aliphatic rings. The molecule has 5 heteroatoms. The molecule has 0 radical (unpaired) electrons. The lowest BCUT2D eigenvalue weighted by Gasteiger charge is -2.01.